The first-order chi connectivity index (χ1) is 23.7. The van der Waals surface area contributed by atoms with Crippen molar-refractivity contribution in [3.8, 4) is 33.8 Å². The van der Waals surface area contributed by atoms with Crippen LogP contribution < -0.4 is 0 Å². The second kappa shape index (κ2) is 15.7. The van der Waals surface area contributed by atoms with Crippen LogP contribution in [-0.2, 0) is 6.42 Å². The van der Waals surface area contributed by atoms with Gasteiger partial charge in [-0.25, -0.2) is 52.7 Å². The van der Waals surface area contributed by atoms with Gasteiger partial charge in [-0.2, -0.15) is 17.6 Å². The van der Waals surface area contributed by atoms with Crippen molar-refractivity contribution in [2.45, 2.75) is 58.8 Å². The highest BCUT2D eigenvalue weighted by Gasteiger charge is 2.36. The van der Waals surface area contributed by atoms with Crippen molar-refractivity contribution in [1.82, 2.24) is 0 Å². The predicted molar refractivity (Wildman–Crippen MR) is 148 cm³/mol. The van der Waals surface area contributed by atoms with Gasteiger partial charge in [-0.1, -0.05) is 33.6 Å². The van der Waals surface area contributed by atoms with Gasteiger partial charge in [-0.05, 0) is 25.2 Å². The molecule has 1 atom stereocenters. The van der Waals surface area contributed by atoms with Crippen LogP contribution in [0, 0.1) is 93.1 Å². The van der Waals surface area contributed by atoms with Crippen molar-refractivity contribution in [2.24, 2.45) is 0 Å². The number of phenolic OH excluding ortho intramolecular Hbond substituents is 2. The number of halogens is 16. The normalized spacial score (nSPS) is 11.9. The molecule has 0 aliphatic heterocycles. The van der Waals surface area contributed by atoms with Gasteiger partial charge in [0.15, 0.2) is 81.3 Å². The number of aromatic hydroxyl groups is 2. The Bertz CT molecular complexity index is 1890. The third kappa shape index (κ3) is 7.00. The molecule has 4 aromatic rings. The first-order valence-electron chi connectivity index (χ1n) is 14.5. The summed E-state index contributed by atoms with van der Waals surface area (Å²) in [6.45, 7) is 4.49. The van der Waals surface area contributed by atoms with Crippen LogP contribution in [0.5, 0.6) is 11.5 Å². The van der Waals surface area contributed by atoms with Crippen molar-refractivity contribution in [1.29, 1.82) is 0 Å². The van der Waals surface area contributed by atoms with E-state index in [0.717, 1.165) is 0 Å². The van der Waals surface area contributed by atoms with E-state index in [1.165, 1.54) is 13.8 Å². The topological polar surface area (TPSA) is 40.5 Å². The Morgan fingerprint density at radius 3 is 0.941 bits per heavy atom. The lowest BCUT2D eigenvalue weighted by Gasteiger charge is -2.17. The summed E-state index contributed by atoms with van der Waals surface area (Å²) >= 11 is 0. The Morgan fingerprint density at radius 2 is 0.667 bits per heavy atom. The van der Waals surface area contributed by atoms with Crippen LogP contribution in [0.15, 0.2) is 0 Å². The lowest BCUT2D eigenvalue weighted by Crippen LogP contribution is -2.11. The molecular weight excluding hydrogens is 732 g/mol. The molecule has 0 aliphatic carbocycles. The van der Waals surface area contributed by atoms with Gasteiger partial charge in [0.2, 0.25) is 23.3 Å². The van der Waals surface area contributed by atoms with E-state index in [9.17, 15) is 70.2 Å². The minimum atomic E-state index is -2.40. The number of hydrogen-bond donors (Lipinski definition) is 2. The van der Waals surface area contributed by atoms with E-state index in [4.69, 9.17) is 10.2 Å². The molecule has 1 unspecified atom stereocenters. The summed E-state index contributed by atoms with van der Waals surface area (Å²) in [5.41, 5.74) is -9.86. The van der Waals surface area contributed by atoms with Gasteiger partial charge in [0, 0.05) is 11.1 Å². The lowest BCUT2D eigenvalue weighted by atomic mass is 9.92. The molecule has 51 heavy (non-hydrogen) atoms. The van der Waals surface area contributed by atoms with E-state index < -0.39 is 144 Å². The van der Waals surface area contributed by atoms with E-state index in [1.54, 1.807) is 6.92 Å². The van der Waals surface area contributed by atoms with Gasteiger partial charge in [0.25, 0.3) is 0 Å². The van der Waals surface area contributed by atoms with E-state index >= 15 is 0 Å². The summed E-state index contributed by atoms with van der Waals surface area (Å²) in [6.07, 6.45) is 1.03. The molecule has 0 spiro atoms. The number of benzene rings is 4. The van der Waals surface area contributed by atoms with Crippen LogP contribution in [0.25, 0.3) is 22.3 Å². The van der Waals surface area contributed by atoms with Crippen LogP contribution in [0.1, 0.15) is 63.5 Å². The molecule has 0 radical (unpaired) electrons. The molecule has 2 nitrogen and oxygen atoms in total. The molecular formula is C33H22F16O2. The highest BCUT2D eigenvalue weighted by molar-refractivity contribution is 5.70. The monoisotopic (exact) mass is 754 g/mol. The SMILES string of the molecule is CCC(C)c1c(F)c(F)c(-c2c(F)c(F)c(O)c(F)c2F)c(F)c1F.CCCCCc1c(F)c(F)c(-c2c(F)c(F)c(O)c(F)c2F)c(F)c1F. The van der Waals surface area contributed by atoms with E-state index in [2.05, 4.69) is 0 Å². The molecule has 4 aromatic carbocycles. The second-order valence-electron chi connectivity index (χ2n) is 10.9. The van der Waals surface area contributed by atoms with Crippen molar-refractivity contribution in [3.63, 3.8) is 0 Å². The summed E-state index contributed by atoms with van der Waals surface area (Å²) in [5.74, 6) is -40.7. The Labute approximate surface area is 277 Å². The zero-order valence-corrected chi connectivity index (χ0v) is 26.1. The van der Waals surface area contributed by atoms with Crippen LogP contribution in [-0.4, -0.2) is 10.2 Å². The molecule has 278 valence electrons. The van der Waals surface area contributed by atoms with Gasteiger partial charge in [-0.15, -0.1) is 0 Å². The maximum atomic E-state index is 14.2. The molecule has 0 bridgehead atoms. The molecule has 18 heteroatoms. The van der Waals surface area contributed by atoms with Gasteiger partial charge in [0.05, 0.1) is 22.3 Å². The predicted octanol–water partition coefficient (Wildman–Crippen LogP) is 11.6. The molecule has 4 rings (SSSR count). The first-order valence-corrected chi connectivity index (χ1v) is 14.5. The number of unbranched alkanes of at least 4 members (excludes halogenated alkanes) is 2. The second-order valence-corrected chi connectivity index (χ2v) is 10.9. The van der Waals surface area contributed by atoms with Crippen LogP contribution in [0.4, 0.5) is 70.2 Å². The zero-order chi connectivity index (χ0) is 39.0. The Kier molecular flexibility index (Phi) is 12.6. The van der Waals surface area contributed by atoms with Crippen molar-refractivity contribution < 1.29 is 80.5 Å². The maximum Gasteiger partial charge on any atom is 0.204 e. The van der Waals surface area contributed by atoms with Crippen molar-refractivity contribution in [3.05, 3.63) is 104 Å². The minimum Gasteiger partial charge on any atom is -0.503 e. The maximum absolute atomic E-state index is 14.2. The largest absolute Gasteiger partial charge is 0.503 e. The highest BCUT2D eigenvalue weighted by atomic mass is 19.2. The Balaban J connectivity index is 0.000000276. The third-order valence-corrected chi connectivity index (χ3v) is 7.77. The summed E-state index contributed by atoms with van der Waals surface area (Å²) in [7, 11) is 0. The molecule has 2 N–H and O–H groups in total. The first kappa shape index (κ1) is 40.8. The van der Waals surface area contributed by atoms with Gasteiger partial charge < -0.3 is 10.2 Å². The lowest BCUT2D eigenvalue weighted by molar-refractivity contribution is 0.357. The fourth-order valence-electron chi connectivity index (χ4n) is 4.85. The Morgan fingerprint density at radius 1 is 0.392 bits per heavy atom. The van der Waals surface area contributed by atoms with E-state index in [1.807, 2.05) is 0 Å². The quantitative estimate of drug-likeness (QED) is 0.107. The standard InChI is InChI=1S/C17H12F8O.C16H10F8O/c1-2-3-4-5-6-9(18)11(20)7(12(21)10(6)19)8-13(22)15(24)17(26)16(25)14(8)23;1-3-4(2)5-8(17)10(19)6(11(20)9(5)18)7-12(21)14(23)16(25)15(24)13(7)22/h26H,2-5H2,1H3;4,25H,3H2,1-2H3. The van der Waals surface area contributed by atoms with Crippen LogP contribution in [0.3, 0.4) is 0 Å². The smallest absolute Gasteiger partial charge is 0.204 e. The number of phenols is 2. The molecule has 0 fully saturated rings. The fraction of sp³-hybridized carbons (Fsp3) is 0.273. The summed E-state index contributed by atoms with van der Waals surface area (Å²) in [4.78, 5) is 0. The Hall–Kier alpha value is -4.64. The summed E-state index contributed by atoms with van der Waals surface area (Å²) in [5, 5.41) is 17.8. The van der Waals surface area contributed by atoms with Crippen molar-refractivity contribution >= 4 is 0 Å². The van der Waals surface area contributed by atoms with E-state index in [-0.39, 0.29) is 19.3 Å². The zero-order valence-electron chi connectivity index (χ0n) is 26.1. The van der Waals surface area contributed by atoms with Gasteiger partial charge in [0.1, 0.15) is 0 Å². The fourth-order valence-corrected chi connectivity index (χ4v) is 4.85. The minimum absolute atomic E-state index is 0.0806. The van der Waals surface area contributed by atoms with E-state index in [0.29, 0.717) is 12.8 Å². The average molecular weight is 755 g/mol. The molecule has 0 saturated heterocycles. The number of hydrogen-bond acceptors (Lipinski definition) is 2. The molecule has 0 aliphatic rings. The molecule has 0 aromatic heterocycles. The third-order valence-electron chi connectivity index (χ3n) is 7.77. The summed E-state index contributed by atoms with van der Waals surface area (Å²) in [6, 6.07) is 0. The molecule has 0 saturated carbocycles. The van der Waals surface area contributed by atoms with Gasteiger partial charge in [-0.3, -0.25) is 0 Å². The number of rotatable bonds is 8. The average Bonchev–Trinajstić information content (AvgIpc) is 3.11. The molecule has 0 amide bonds. The molecule has 0 heterocycles. The highest BCUT2D eigenvalue weighted by Crippen LogP contribution is 2.42. The van der Waals surface area contributed by atoms with Crippen molar-refractivity contribution in [2.75, 3.05) is 0 Å². The van der Waals surface area contributed by atoms with Crippen LogP contribution in [0.2, 0.25) is 0 Å². The van der Waals surface area contributed by atoms with Gasteiger partial charge >= 0.3 is 0 Å². The van der Waals surface area contributed by atoms with Crippen LogP contribution >= 0.6 is 0 Å². The summed E-state index contributed by atoms with van der Waals surface area (Å²) < 4.78 is 222.